The van der Waals surface area contributed by atoms with E-state index >= 15 is 0 Å². The number of hydrogen-bond acceptors (Lipinski definition) is 3. The minimum atomic E-state index is -0.850. The highest BCUT2D eigenvalue weighted by molar-refractivity contribution is 6.07. The zero-order valence-electron chi connectivity index (χ0n) is 12.7. The Bertz CT molecular complexity index is 519. The summed E-state index contributed by atoms with van der Waals surface area (Å²) in [5.74, 6) is 0.432. The van der Waals surface area contributed by atoms with E-state index in [1.165, 1.54) is 0 Å². The number of ether oxygens (including phenoxy) is 1. The second-order valence-electron chi connectivity index (χ2n) is 5.74. The Balaban J connectivity index is 1.90. The molecule has 2 amide bonds. The molecule has 0 unspecified atom stereocenters. The zero-order chi connectivity index (χ0) is 15.5. The maximum absolute atomic E-state index is 12.3. The summed E-state index contributed by atoms with van der Waals surface area (Å²) in [7, 11) is 1.61. The van der Waals surface area contributed by atoms with Crippen molar-refractivity contribution in [2.24, 2.45) is 5.41 Å². The van der Waals surface area contributed by atoms with Crippen molar-refractivity contribution < 1.29 is 14.3 Å². The van der Waals surface area contributed by atoms with E-state index in [1.807, 2.05) is 38.1 Å². The SMILES string of the molecule is COc1ccc(CNC(=O)C2(C(=O)NC(C)C)CC2)cc1. The van der Waals surface area contributed by atoms with Crippen LogP contribution in [0.1, 0.15) is 32.3 Å². The van der Waals surface area contributed by atoms with Crippen molar-refractivity contribution in [2.75, 3.05) is 7.11 Å². The van der Waals surface area contributed by atoms with Crippen LogP contribution in [0.15, 0.2) is 24.3 Å². The predicted molar refractivity (Wildman–Crippen MR) is 79.8 cm³/mol. The Hall–Kier alpha value is -2.04. The number of carbonyl (C=O) groups is 2. The van der Waals surface area contributed by atoms with E-state index in [0.29, 0.717) is 19.4 Å². The first-order chi connectivity index (χ1) is 9.98. The summed E-state index contributed by atoms with van der Waals surface area (Å²) in [6.45, 7) is 4.20. The number of hydrogen-bond donors (Lipinski definition) is 2. The third-order valence-electron chi connectivity index (χ3n) is 3.65. The molecule has 5 nitrogen and oxygen atoms in total. The third kappa shape index (κ3) is 3.54. The molecular formula is C16H22N2O3. The first kappa shape index (κ1) is 15.4. The Kier molecular flexibility index (Phi) is 4.50. The van der Waals surface area contributed by atoms with Crippen LogP contribution in [0.5, 0.6) is 5.75 Å². The highest BCUT2D eigenvalue weighted by atomic mass is 16.5. The highest BCUT2D eigenvalue weighted by Crippen LogP contribution is 2.46. The number of amides is 2. The molecule has 1 fully saturated rings. The second-order valence-corrected chi connectivity index (χ2v) is 5.74. The van der Waals surface area contributed by atoms with Crippen LogP contribution in [0, 0.1) is 5.41 Å². The number of benzene rings is 1. The number of rotatable bonds is 6. The van der Waals surface area contributed by atoms with Crippen molar-refractivity contribution in [3.8, 4) is 5.75 Å². The van der Waals surface area contributed by atoms with Gasteiger partial charge in [-0.25, -0.2) is 0 Å². The molecule has 0 spiro atoms. The minimum absolute atomic E-state index is 0.0457. The summed E-state index contributed by atoms with van der Waals surface area (Å²) < 4.78 is 5.09. The van der Waals surface area contributed by atoms with Crippen LogP contribution in [-0.2, 0) is 16.1 Å². The van der Waals surface area contributed by atoms with Gasteiger partial charge >= 0.3 is 0 Å². The maximum atomic E-state index is 12.3. The van der Waals surface area contributed by atoms with Crippen LogP contribution in [0.3, 0.4) is 0 Å². The molecule has 114 valence electrons. The zero-order valence-corrected chi connectivity index (χ0v) is 12.7. The first-order valence-corrected chi connectivity index (χ1v) is 7.20. The lowest BCUT2D eigenvalue weighted by Gasteiger charge is -2.17. The molecule has 0 aromatic heterocycles. The van der Waals surface area contributed by atoms with Gasteiger partial charge in [0.1, 0.15) is 11.2 Å². The highest BCUT2D eigenvalue weighted by Gasteiger charge is 2.56. The van der Waals surface area contributed by atoms with Gasteiger partial charge in [-0.2, -0.15) is 0 Å². The van der Waals surface area contributed by atoms with Gasteiger partial charge in [-0.1, -0.05) is 12.1 Å². The van der Waals surface area contributed by atoms with Crippen LogP contribution in [-0.4, -0.2) is 25.0 Å². The van der Waals surface area contributed by atoms with Gasteiger partial charge in [0.25, 0.3) is 0 Å². The molecule has 2 rings (SSSR count). The molecule has 0 aliphatic heterocycles. The molecule has 2 N–H and O–H groups in total. The number of methoxy groups -OCH3 is 1. The summed E-state index contributed by atoms with van der Waals surface area (Å²) in [6, 6.07) is 7.53. The first-order valence-electron chi connectivity index (χ1n) is 7.20. The summed E-state index contributed by atoms with van der Waals surface area (Å²) in [5, 5.41) is 5.68. The van der Waals surface area contributed by atoms with E-state index < -0.39 is 5.41 Å². The van der Waals surface area contributed by atoms with E-state index in [9.17, 15) is 9.59 Å². The summed E-state index contributed by atoms with van der Waals surface area (Å²) in [5.41, 5.74) is 0.126. The van der Waals surface area contributed by atoms with Crippen molar-refractivity contribution in [1.29, 1.82) is 0 Å². The molecule has 21 heavy (non-hydrogen) atoms. The molecule has 1 aliphatic carbocycles. The van der Waals surface area contributed by atoms with E-state index in [2.05, 4.69) is 10.6 Å². The van der Waals surface area contributed by atoms with Gasteiger partial charge in [0.15, 0.2) is 0 Å². The molecule has 0 radical (unpaired) electrons. The summed E-state index contributed by atoms with van der Waals surface area (Å²) in [4.78, 5) is 24.3. The topological polar surface area (TPSA) is 67.4 Å². The van der Waals surface area contributed by atoms with Crippen LogP contribution in [0.25, 0.3) is 0 Å². The average molecular weight is 290 g/mol. The van der Waals surface area contributed by atoms with Crippen LogP contribution >= 0.6 is 0 Å². The molecule has 1 aromatic carbocycles. The normalized spacial score (nSPS) is 15.4. The monoisotopic (exact) mass is 290 g/mol. The molecular weight excluding hydrogens is 268 g/mol. The van der Waals surface area contributed by atoms with Gasteiger partial charge < -0.3 is 15.4 Å². The Morgan fingerprint density at radius 3 is 2.29 bits per heavy atom. The van der Waals surface area contributed by atoms with Gasteiger partial charge in [-0.15, -0.1) is 0 Å². The van der Waals surface area contributed by atoms with E-state index in [0.717, 1.165) is 11.3 Å². The van der Waals surface area contributed by atoms with Crippen molar-refractivity contribution in [2.45, 2.75) is 39.3 Å². The maximum Gasteiger partial charge on any atom is 0.235 e. The molecule has 1 aromatic rings. The van der Waals surface area contributed by atoms with Gasteiger partial charge in [-0.05, 0) is 44.4 Å². The molecule has 0 heterocycles. The fraction of sp³-hybridized carbons (Fsp3) is 0.500. The summed E-state index contributed by atoms with van der Waals surface area (Å²) in [6.07, 6.45) is 1.25. The minimum Gasteiger partial charge on any atom is -0.497 e. The van der Waals surface area contributed by atoms with Crippen molar-refractivity contribution in [1.82, 2.24) is 10.6 Å². The fourth-order valence-electron chi connectivity index (χ4n) is 2.18. The quantitative estimate of drug-likeness (QED) is 0.782. The Morgan fingerprint density at radius 2 is 1.81 bits per heavy atom. The molecule has 1 saturated carbocycles. The predicted octanol–water partition coefficient (Wildman–Crippen LogP) is 1.62. The van der Waals surface area contributed by atoms with Crippen molar-refractivity contribution in [3.05, 3.63) is 29.8 Å². The van der Waals surface area contributed by atoms with Crippen LogP contribution < -0.4 is 15.4 Å². The second kappa shape index (κ2) is 6.16. The van der Waals surface area contributed by atoms with Gasteiger partial charge in [0, 0.05) is 12.6 Å². The van der Waals surface area contributed by atoms with E-state index in [4.69, 9.17) is 4.74 Å². The smallest absolute Gasteiger partial charge is 0.235 e. The average Bonchev–Trinajstić information content (AvgIpc) is 3.26. The lowest BCUT2D eigenvalue weighted by molar-refractivity contribution is -0.137. The van der Waals surface area contributed by atoms with Crippen molar-refractivity contribution in [3.63, 3.8) is 0 Å². The lowest BCUT2D eigenvalue weighted by Crippen LogP contribution is -2.44. The van der Waals surface area contributed by atoms with Gasteiger partial charge in [0.05, 0.1) is 7.11 Å². The van der Waals surface area contributed by atoms with E-state index in [-0.39, 0.29) is 17.9 Å². The Morgan fingerprint density at radius 1 is 1.19 bits per heavy atom. The van der Waals surface area contributed by atoms with Crippen LogP contribution in [0.2, 0.25) is 0 Å². The lowest BCUT2D eigenvalue weighted by atomic mass is 10.0. The standard InChI is InChI=1S/C16H22N2O3/c1-11(2)18-15(20)16(8-9-16)14(19)17-10-12-4-6-13(21-3)7-5-12/h4-7,11H,8-10H2,1-3H3,(H,17,19)(H,18,20). The van der Waals surface area contributed by atoms with Crippen molar-refractivity contribution >= 4 is 11.8 Å². The Labute approximate surface area is 125 Å². The van der Waals surface area contributed by atoms with E-state index in [1.54, 1.807) is 7.11 Å². The van der Waals surface area contributed by atoms with Gasteiger partial charge in [-0.3, -0.25) is 9.59 Å². The number of nitrogens with one attached hydrogen (secondary N) is 2. The van der Waals surface area contributed by atoms with Gasteiger partial charge in [0.2, 0.25) is 11.8 Å². The third-order valence-corrected chi connectivity index (χ3v) is 3.65. The molecule has 0 bridgehead atoms. The fourth-order valence-corrected chi connectivity index (χ4v) is 2.18. The molecule has 1 aliphatic rings. The largest absolute Gasteiger partial charge is 0.497 e. The molecule has 0 atom stereocenters. The summed E-state index contributed by atoms with van der Waals surface area (Å²) >= 11 is 0. The number of carbonyl (C=O) groups excluding carboxylic acids is 2. The molecule has 5 heteroatoms. The van der Waals surface area contributed by atoms with Crippen LogP contribution in [0.4, 0.5) is 0 Å². The molecule has 0 saturated heterocycles.